The number of rotatable bonds is 1. The number of hydrogen-bond donors (Lipinski definition) is 1. The molecule has 4 heteroatoms. The van der Waals surface area contributed by atoms with E-state index in [1.807, 2.05) is 19.4 Å². The van der Waals surface area contributed by atoms with Crippen LogP contribution in [0.15, 0.2) is 12.4 Å². The molecule has 0 spiro atoms. The minimum Gasteiger partial charge on any atom is -0.383 e. The minimum absolute atomic E-state index is 0.321. The van der Waals surface area contributed by atoms with Gasteiger partial charge in [0.2, 0.25) is 0 Å². The average Bonchev–Trinajstić information content (AvgIpc) is 2.85. The van der Waals surface area contributed by atoms with Crippen LogP contribution in [0.25, 0.3) is 0 Å². The van der Waals surface area contributed by atoms with Crippen LogP contribution in [-0.2, 0) is 12.6 Å². The van der Waals surface area contributed by atoms with Crippen LogP contribution < -0.4 is 0 Å². The van der Waals surface area contributed by atoms with E-state index in [1.54, 1.807) is 4.68 Å². The Labute approximate surface area is 89.5 Å². The van der Waals surface area contributed by atoms with E-state index in [9.17, 15) is 5.11 Å². The van der Waals surface area contributed by atoms with Crippen LogP contribution in [0.3, 0.4) is 0 Å². The molecular weight excluding hydrogens is 190 g/mol. The highest BCUT2D eigenvalue weighted by atomic mass is 16.3. The number of aromatic nitrogens is 2. The zero-order valence-electron chi connectivity index (χ0n) is 9.06. The van der Waals surface area contributed by atoms with Crippen molar-refractivity contribution in [3.05, 3.63) is 18.0 Å². The molecular formula is C11H17N3O. The standard InChI is InChI=1S/C11H17N3O/c1-13-8-9(7-12-13)11(15)4-6-14-5-2-3-10(11)14/h7-8,10,15H,2-6H2,1H3. The third-order valence-corrected chi connectivity index (χ3v) is 3.90. The van der Waals surface area contributed by atoms with E-state index in [-0.39, 0.29) is 0 Å². The number of hydrogen-bond acceptors (Lipinski definition) is 3. The van der Waals surface area contributed by atoms with Crippen LogP contribution in [0.1, 0.15) is 24.8 Å². The predicted molar refractivity (Wildman–Crippen MR) is 56.3 cm³/mol. The van der Waals surface area contributed by atoms with E-state index < -0.39 is 5.60 Å². The van der Waals surface area contributed by atoms with E-state index in [2.05, 4.69) is 10.00 Å². The molecule has 82 valence electrons. The Morgan fingerprint density at radius 1 is 1.53 bits per heavy atom. The van der Waals surface area contributed by atoms with Crippen molar-refractivity contribution in [1.29, 1.82) is 0 Å². The van der Waals surface area contributed by atoms with Gasteiger partial charge in [-0.2, -0.15) is 5.10 Å². The summed E-state index contributed by atoms with van der Waals surface area (Å²) in [6.45, 7) is 2.17. The summed E-state index contributed by atoms with van der Waals surface area (Å²) < 4.78 is 1.77. The van der Waals surface area contributed by atoms with Gasteiger partial charge in [0.1, 0.15) is 5.60 Å². The van der Waals surface area contributed by atoms with Crippen LogP contribution >= 0.6 is 0 Å². The van der Waals surface area contributed by atoms with E-state index in [0.717, 1.165) is 31.5 Å². The van der Waals surface area contributed by atoms with Crippen LogP contribution in [0, 0.1) is 0 Å². The molecule has 1 N–H and O–H groups in total. The first-order valence-electron chi connectivity index (χ1n) is 5.66. The highest BCUT2D eigenvalue weighted by Crippen LogP contribution is 2.42. The summed E-state index contributed by atoms with van der Waals surface area (Å²) in [6, 6.07) is 0.321. The zero-order chi connectivity index (χ0) is 10.5. The third-order valence-electron chi connectivity index (χ3n) is 3.90. The fraction of sp³-hybridized carbons (Fsp3) is 0.727. The largest absolute Gasteiger partial charge is 0.383 e. The fourth-order valence-corrected chi connectivity index (χ4v) is 3.10. The summed E-state index contributed by atoms with van der Waals surface area (Å²) in [5, 5.41) is 14.9. The summed E-state index contributed by atoms with van der Waals surface area (Å²) in [7, 11) is 1.90. The molecule has 2 atom stereocenters. The summed E-state index contributed by atoms with van der Waals surface area (Å²) in [6.07, 6.45) is 6.94. The number of nitrogens with zero attached hydrogens (tertiary/aromatic N) is 3. The third kappa shape index (κ3) is 1.25. The SMILES string of the molecule is Cn1cc(C2(O)CCN3CCCC32)cn1. The Morgan fingerprint density at radius 3 is 3.13 bits per heavy atom. The molecule has 3 rings (SSSR count). The summed E-state index contributed by atoms with van der Waals surface area (Å²) in [5.41, 5.74) is 0.338. The second-order valence-electron chi connectivity index (χ2n) is 4.77. The molecule has 2 fully saturated rings. The smallest absolute Gasteiger partial charge is 0.109 e. The van der Waals surface area contributed by atoms with Crippen LogP contribution in [0.5, 0.6) is 0 Å². The Morgan fingerprint density at radius 2 is 2.40 bits per heavy atom. The molecule has 2 unspecified atom stereocenters. The maximum Gasteiger partial charge on any atom is 0.109 e. The first-order chi connectivity index (χ1) is 7.20. The molecule has 1 aromatic rings. The molecule has 2 aliphatic heterocycles. The normalized spacial score (nSPS) is 36.0. The van der Waals surface area contributed by atoms with Gasteiger partial charge in [-0.25, -0.2) is 0 Å². The Balaban J connectivity index is 1.96. The van der Waals surface area contributed by atoms with E-state index in [4.69, 9.17) is 0 Å². The van der Waals surface area contributed by atoms with E-state index in [1.165, 1.54) is 6.42 Å². The quantitative estimate of drug-likeness (QED) is 0.728. The number of aliphatic hydroxyl groups is 1. The zero-order valence-corrected chi connectivity index (χ0v) is 9.06. The van der Waals surface area contributed by atoms with Crippen molar-refractivity contribution in [3.8, 4) is 0 Å². The lowest BCUT2D eigenvalue weighted by molar-refractivity contribution is 0.00932. The summed E-state index contributed by atoms with van der Waals surface area (Å²) in [5.74, 6) is 0. The van der Waals surface area contributed by atoms with E-state index >= 15 is 0 Å². The molecule has 0 bridgehead atoms. The molecule has 0 radical (unpaired) electrons. The maximum atomic E-state index is 10.8. The first-order valence-corrected chi connectivity index (χ1v) is 5.66. The molecule has 3 heterocycles. The van der Waals surface area contributed by atoms with Gasteiger partial charge in [0, 0.05) is 31.4 Å². The van der Waals surface area contributed by atoms with Crippen LogP contribution in [0.2, 0.25) is 0 Å². The summed E-state index contributed by atoms with van der Waals surface area (Å²) in [4.78, 5) is 2.41. The van der Waals surface area contributed by atoms with Crippen molar-refractivity contribution in [2.45, 2.75) is 30.9 Å². The average molecular weight is 207 g/mol. The lowest BCUT2D eigenvalue weighted by Crippen LogP contribution is -2.38. The van der Waals surface area contributed by atoms with Gasteiger partial charge < -0.3 is 5.11 Å². The maximum absolute atomic E-state index is 10.8. The fourth-order valence-electron chi connectivity index (χ4n) is 3.10. The van der Waals surface area contributed by atoms with Gasteiger partial charge in [-0.1, -0.05) is 0 Å². The van der Waals surface area contributed by atoms with Gasteiger partial charge in [-0.15, -0.1) is 0 Å². The van der Waals surface area contributed by atoms with Crippen molar-refractivity contribution >= 4 is 0 Å². The number of fused-ring (bicyclic) bond motifs is 1. The first kappa shape index (κ1) is 9.36. The van der Waals surface area contributed by atoms with Gasteiger partial charge in [0.25, 0.3) is 0 Å². The van der Waals surface area contributed by atoms with Crippen molar-refractivity contribution in [1.82, 2.24) is 14.7 Å². The van der Waals surface area contributed by atoms with Crippen molar-refractivity contribution in [2.24, 2.45) is 7.05 Å². The molecule has 1 aromatic heterocycles. The van der Waals surface area contributed by atoms with Gasteiger partial charge in [-0.3, -0.25) is 9.58 Å². The number of aryl methyl sites for hydroxylation is 1. The van der Waals surface area contributed by atoms with Gasteiger partial charge >= 0.3 is 0 Å². The molecule has 0 aliphatic carbocycles. The lowest BCUT2D eigenvalue weighted by atomic mass is 9.87. The topological polar surface area (TPSA) is 41.3 Å². The van der Waals surface area contributed by atoms with E-state index in [0.29, 0.717) is 6.04 Å². The van der Waals surface area contributed by atoms with Crippen LogP contribution in [0.4, 0.5) is 0 Å². The van der Waals surface area contributed by atoms with Crippen molar-refractivity contribution < 1.29 is 5.11 Å². The predicted octanol–water partition coefficient (Wildman–Crippen LogP) is 0.476. The second kappa shape index (κ2) is 3.06. The van der Waals surface area contributed by atoms with Crippen LogP contribution in [-0.4, -0.2) is 38.9 Å². The summed E-state index contributed by atoms with van der Waals surface area (Å²) >= 11 is 0. The molecule has 0 amide bonds. The Hall–Kier alpha value is -0.870. The molecule has 0 aromatic carbocycles. The minimum atomic E-state index is -0.648. The Kier molecular flexibility index (Phi) is 1.91. The van der Waals surface area contributed by atoms with Gasteiger partial charge in [0.05, 0.1) is 6.20 Å². The lowest BCUT2D eigenvalue weighted by Gasteiger charge is -2.28. The molecule has 4 nitrogen and oxygen atoms in total. The highest BCUT2D eigenvalue weighted by Gasteiger charge is 2.49. The van der Waals surface area contributed by atoms with Gasteiger partial charge in [0.15, 0.2) is 0 Å². The molecule has 15 heavy (non-hydrogen) atoms. The Bertz CT molecular complexity index is 376. The van der Waals surface area contributed by atoms with Gasteiger partial charge in [-0.05, 0) is 25.8 Å². The van der Waals surface area contributed by atoms with Crippen molar-refractivity contribution in [2.75, 3.05) is 13.1 Å². The molecule has 2 aliphatic rings. The monoisotopic (exact) mass is 207 g/mol. The second-order valence-corrected chi connectivity index (χ2v) is 4.77. The molecule has 0 saturated carbocycles. The highest BCUT2D eigenvalue weighted by molar-refractivity contribution is 5.22. The van der Waals surface area contributed by atoms with Crippen molar-refractivity contribution in [3.63, 3.8) is 0 Å². The molecule has 2 saturated heterocycles.